The molecule has 6 atom stereocenters. The molecule has 13 heteroatoms. The van der Waals surface area contributed by atoms with Crippen LogP contribution in [-0.4, -0.2) is 51.7 Å². The Morgan fingerprint density at radius 3 is 2.77 bits per heavy atom. The van der Waals surface area contributed by atoms with Gasteiger partial charge < -0.3 is 10.5 Å². The Hall–Kier alpha value is -1.77. The lowest BCUT2D eigenvalue weighted by atomic mass is 10.0. The molecule has 0 radical (unpaired) electrons. The first-order valence-electron chi connectivity index (χ1n) is 7.77. The Bertz CT molecular complexity index is 914. The molecular weight excluding hydrogens is 384 g/mol. The molecule has 26 heavy (non-hydrogen) atoms. The van der Waals surface area contributed by atoms with E-state index in [4.69, 9.17) is 19.5 Å². The standard InChI is InChI=1S/C13H18N5O6P2/c1-6-9(24-26(3)21)7(4-22-25(2)20)23-12(6)18-5-15-8-10(18)16-13(14)17-11(8)19/h5-7,9,12H,4H2,1-3H3,(H2-,14,16,17,19)/q+1/p+1/t6?,7-,9?,12-/m1/s1. The van der Waals surface area contributed by atoms with Crippen molar-refractivity contribution in [3.63, 3.8) is 0 Å². The van der Waals surface area contributed by atoms with Gasteiger partial charge in [0.05, 0.1) is 6.33 Å². The van der Waals surface area contributed by atoms with Crippen molar-refractivity contribution in [3.8, 4) is 0 Å². The normalized spacial score (nSPS) is 27.0. The topological polar surface area (TPSA) is 151 Å². The zero-order valence-electron chi connectivity index (χ0n) is 14.4. The van der Waals surface area contributed by atoms with Gasteiger partial charge in [-0.25, -0.2) is 4.98 Å². The highest BCUT2D eigenvalue weighted by atomic mass is 31.1. The monoisotopic (exact) mass is 403 g/mol. The third-order valence-corrected chi connectivity index (χ3v) is 5.12. The molecule has 0 spiro atoms. The summed E-state index contributed by atoms with van der Waals surface area (Å²) in [6.45, 7) is 4.75. The molecule has 1 aliphatic rings. The summed E-state index contributed by atoms with van der Waals surface area (Å²) in [4.78, 5) is 22.5. The Labute approximate surface area is 150 Å². The maximum Gasteiger partial charge on any atom is 0.505 e. The number of hydrogen-bond donors (Lipinski definition) is 2. The number of fused-ring (bicyclic) bond motifs is 1. The molecule has 0 aliphatic carbocycles. The quantitative estimate of drug-likeness (QED) is 0.681. The molecule has 3 N–H and O–H groups in total. The number of ether oxygens (including phenoxy) is 1. The number of nitrogens with one attached hydrogen (secondary N) is 1. The molecule has 140 valence electrons. The second kappa shape index (κ2) is 7.46. The molecular formula is C13H19N5O6P2+2. The van der Waals surface area contributed by atoms with Crippen LogP contribution in [0.15, 0.2) is 11.1 Å². The number of imidazole rings is 1. The number of aromatic amines is 1. The average Bonchev–Trinajstić information content (AvgIpc) is 3.08. The van der Waals surface area contributed by atoms with Crippen molar-refractivity contribution >= 4 is 33.2 Å². The molecule has 1 aliphatic heterocycles. The van der Waals surface area contributed by atoms with Crippen LogP contribution in [0, 0.1) is 5.92 Å². The summed E-state index contributed by atoms with van der Waals surface area (Å²) >= 11 is 0. The first-order valence-corrected chi connectivity index (χ1v) is 11.0. The minimum atomic E-state index is -1.89. The fourth-order valence-corrected chi connectivity index (χ4v) is 4.00. The maximum atomic E-state index is 12.0. The van der Waals surface area contributed by atoms with E-state index in [1.54, 1.807) is 4.57 Å². The zero-order valence-corrected chi connectivity index (χ0v) is 16.1. The van der Waals surface area contributed by atoms with E-state index >= 15 is 0 Å². The molecule has 0 bridgehead atoms. The lowest BCUT2D eigenvalue weighted by Gasteiger charge is -2.17. The summed E-state index contributed by atoms with van der Waals surface area (Å²) in [5.74, 6) is -0.306. The fourth-order valence-electron chi connectivity index (χ4n) is 2.98. The van der Waals surface area contributed by atoms with Gasteiger partial charge in [-0.05, 0) is 9.13 Å². The van der Waals surface area contributed by atoms with Gasteiger partial charge in [0.15, 0.2) is 24.5 Å². The number of anilines is 1. The average molecular weight is 403 g/mol. The third kappa shape index (κ3) is 3.67. The van der Waals surface area contributed by atoms with Crippen molar-refractivity contribution in [1.29, 1.82) is 0 Å². The first-order chi connectivity index (χ1) is 12.3. The Kier molecular flexibility index (Phi) is 5.45. The lowest BCUT2D eigenvalue weighted by Crippen LogP contribution is -2.30. The molecule has 11 nitrogen and oxygen atoms in total. The molecule has 2 aromatic rings. The van der Waals surface area contributed by atoms with Crippen molar-refractivity contribution in [2.45, 2.75) is 25.4 Å². The number of nitrogen functional groups attached to an aromatic ring is 1. The van der Waals surface area contributed by atoms with E-state index in [2.05, 4.69) is 15.0 Å². The van der Waals surface area contributed by atoms with Crippen molar-refractivity contribution < 1.29 is 22.9 Å². The molecule has 0 aromatic carbocycles. The molecule has 1 saturated heterocycles. The van der Waals surface area contributed by atoms with E-state index in [0.717, 1.165) is 0 Å². The van der Waals surface area contributed by atoms with Crippen LogP contribution in [-0.2, 0) is 22.9 Å². The minimum Gasteiger partial charge on any atom is -0.369 e. The number of nitrogens with two attached hydrogens (primary N) is 1. The summed E-state index contributed by atoms with van der Waals surface area (Å²) in [5.41, 5.74) is 5.57. The molecule has 2 aromatic heterocycles. The highest BCUT2D eigenvalue weighted by Crippen LogP contribution is 2.41. The Morgan fingerprint density at radius 1 is 1.38 bits per heavy atom. The fraction of sp³-hybridized carbons (Fsp3) is 0.615. The SMILES string of the molecule is CC1C(O[P+](C)=O)[C@@H](CO[P+](C)=O)O[C@H]1n1cnc2c(=O)[nH]c(N)nc21. The molecule has 0 amide bonds. The van der Waals surface area contributed by atoms with E-state index in [1.807, 2.05) is 6.92 Å². The van der Waals surface area contributed by atoms with Crippen molar-refractivity contribution in [3.05, 3.63) is 16.7 Å². The maximum absolute atomic E-state index is 12.0. The Balaban J connectivity index is 1.96. The van der Waals surface area contributed by atoms with Crippen LogP contribution >= 0.6 is 16.1 Å². The van der Waals surface area contributed by atoms with Gasteiger partial charge in [-0.1, -0.05) is 6.92 Å². The second-order valence-electron chi connectivity index (χ2n) is 5.94. The van der Waals surface area contributed by atoms with Gasteiger partial charge in [-0.15, -0.1) is 9.05 Å². The highest BCUT2D eigenvalue weighted by molar-refractivity contribution is 7.38. The second-order valence-corrected chi connectivity index (χ2v) is 8.17. The van der Waals surface area contributed by atoms with Gasteiger partial charge in [0.2, 0.25) is 5.95 Å². The van der Waals surface area contributed by atoms with E-state index in [0.29, 0.717) is 0 Å². The predicted octanol–water partition coefficient (Wildman–Crippen LogP) is 1.38. The number of nitrogens with zero attached hydrogens (tertiary/aromatic N) is 3. The van der Waals surface area contributed by atoms with Gasteiger partial charge in [0.25, 0.3) is 5.56 Å². The molecule has 3 heterocycles. The van der Waals surface area contributed by atoms with Crippen LogP contribution in [0.4, 0.5) is 5.95 Å². The van der Waals surface area contributed by atoms with Crippen LogP contribution in [0.5, 0.6) is 0 Å². The summed E-state index contributed by atoms with van der Waals surface area (Å²) in [5, 5.41) is 0. The summed E-state index contributed by atoms with van der Waals surface area (Å²) in [6, 6.07) is 0. The van der Waals surface area contributed by atoms with Crippen molar-refractivity contribution in [1.82, 2.24) is 19.5 Å². The highest BCUT2D eigenvalue weighted by Gasteiger charge is 2.48. The molecule has 4 unspecified atom stereocenters. The van der Waals surface area contributed by atoms with Gasteiger partial charge in [-0.2, -0.15) is 4.98 Å². The van der Waals surface area contributed by atoms with Crippen molar-refractivity contribution in [2.24, 2.45) is 5.92 Å². The zero-order chi connectivity index (χ0) is 19.0. The van der Waals surface area contributed by atoms with E-state index in [9.17, 15) is 13.9 Å². The van der Waals surface area contributed by atoms with E-state index in [1.165, 1.54) is 19.7 Å². The molecule has 0 saturated carbocycles. The van der Waals surface area contributed by atoms with E-state index in [-0.39, 0.29) is 29.6 Å². The van der Waals surface area contributed by atoms with Crippen LogP contribution in [0.2, 0.25) is 0 Å². The summed E-state index contributed by atoms with van der Waals surface area (Å²) in [7, 11) is -3.70. The number of rotatable bonds is 6. The van der Waals surface area contributed by atoms with Crippen LogP contribution in [0.1, 0.15) is 13.2 Å². The number of H-pyrrole nitrogens is 1. The van der Waals surface area contributed by atoms with Crippen molar-refractivity contribution in [2.75, 3.05) is 25.7 Å². The van der Waals surface area contributed by atoms with Crippen LogP contribution in [0.25, 0.3) is 11.2 Å². The third-order valence-electron chi connectivity index (χ3n) is 4.06. The number of hydrogen-bond acceptors (Lipinski definition) is 9. The lowest BCUT2D eigenvalue weighted by molar-refractivity contribution is -0.0348. The Morgan fingerprint density at radius 2 is 2.12 bits per heavy atom. The van der Waals surface area contributed by atoms with Gasteiger partial charge in [0.1, 0.15) is 25.0 Å². The number of aromatic nitrogens is 4. The first kappa shape index (κ1) is 19.0. The van der Waals surface area contributed by atoms with Gasteiger partial charge in [0, 0.05) is 5.92 Å². The smallest absolute Gasteiger partial charge is 0.369 e. The van der Waals surface area contributed by atoms with Gasteiger partial charge >= 0.3 is 16.1 Å². The summed E-state index contributed by atoms with van der Waals surface area (Å²) in [6.07, 6.45) is -0.318. The predicted molar refractivity (Wildman–Crippen MR) is 93.5 cm³/mol. The van der Waals surface area contributed by atoms with Crippen LogP contribution in [0.3, 0.4) is 0 Å². The molecule has 3 rings (SSSR count). The summed E-state index contributed by atoms with van der Waals surface area (Å²) < 4.78 is 41.1. The van der Waals surface area contributed by atoms with Crippen LogP contribution < -0.4 is 11.3 Å². The largest absolute Gasteiger partial charge is 0.505 e. The molecule has 1 fully saturated rings. The van der Waals surface area contributed by atoms with Gasteiger partial charge in [-0.3, -0.25) is 14.3 Å². The minimum absolute atomic E-state index is 0.0170. The van der Waals surface area contributed by atoms with E-state index < -0.39 is 40.1 Å².